The van der Waals surface area contributed by atoms with Crippen LogP contribution in [-0.2, 0) is 13.6 Å². The van der Waals surface area contributed by atoms with Crippen molar-refractivity contribution in [3.8, 4) is 0 Å². The Morgan fingerprint density at radius 3 is 2.91 bits per heavy atom. The van der Waals surface area contributed by atoms with Gasteiger partial charge in [-0.1, -0.05) is 18.2 Å². The van der Waals surface area contributed by atoms with Crippen molar-refractivity contribution in [2.45, 2.75) is 6.54 Å². The van der Waals surface area contributed by atoms with Gasteiger partial charge in [0.1, 0.15) is 5.82 Å². The molecule has 4 rings (SSSR count). The molecule has 2 heterocycles. The highest BCUT2D eigenvalue weighted by atomic mass is 16.1. The van der Waals surface area contributed by atoms with Crippen LogP contribution < -0.4 is 5.32 Å². The van der Waals surface area contributed by atoms with Gasteiger partial charge in [-0.05, 0) is 30.3 Å². The van der Waals surface area contributed by atoms with E-state index in [0.29, 0.717) is 12.1 Å². The van der Waals surface area contributed by atoms with E-state index < -0.39 is 0 Å². The van der Waals surface area contributed by atoms with Crippen LogP contribution in [0.25, 0.3) is 21.9 Å². The monoisotopic (exact) mass is 304 g/mol. The molecule has 23 heavy (non-hydrogen) atoms. The van der Waals surface area contributed by atoms with Crippen molar-refractivity contribution < 1.29 is 4.79 Å². The van der Waals surface area contributed by atoms with Gasteiger partial charge in [-0.25, -0.2) is 4.98 Å². The van der Waals surface area contributed by atoms with E-state index in [1.807, 2.05) is 66.3 Å². The number of benzene rings is 2. The molecule has 5 nitrogen and oxygen atoms in total. The van der Waals surface area contributed by atoms with Gasteiger partial charge in [-0.2, -0.15) is 0 Å². The maximum absolute atomic E-state index is 12.5. The van der Waals surface area contributed by atoms with Crippen LogP contribution in [0.2, 0.25) is 0 Å². The van der Waals surface area contributed by atoms with Crippen molar-refractivity contribution in [3.05, 3.63) is 66.1 Å². The van der Waals surface area contributed by atoms with Gasteiger partial charge < -0.3 is 14.9 Å². The van der Waals surface area contributed by atoms with Crippen molar-refractivity contribution in [1.29, 1.82) is 0 Å². The standard InChI is InChI=1S/C18H16N4O/c1-22-10-9-12-13(5-4-8-16(12)22)18(23)19-11-17-20-14-6-2-3-7-15(14)21-17/h2-10H,11H2,1H3,(H,19,23)(H,20,21). The predicted octanol–water partition coefficient (Wildman–Crippen LogP) is 2.98. The van der Waals surface area contributed by atoms with Crippen LogP contribution in [0.3, 0.4) is 0 Å². The summed E-state index contributed by atoms with van der Waals surface area (Å²) in [5.74, 6) is 0.655. The van der Waals surface area contributed by atoms with Gasteiger partial charge in [0.2, 0.25) is 0 Å². The summed E-state index contributed by atoms with van der Waals surface area (Å²) in [5.41, 5.74) is 3.60. The maximum Gasteiger partial charge on any atom is 0.252 e. The summed E-state index contributed by atoms with van der Waals surface area (Å²) < 4.78 is 2.01. The highest BCUT2D eigenvalue weighted by Crippen LogP contribution is 2.19. The van der Waals surface area contributed by atoms with Crippen molar-refractivity contribution in [1.82, 2.24) is 19.9 Å². The van der Waals surface area contributed by atoms with Crippen LogP contribution in [-0.4, -0.2) is 20.4 Å². The second-order valence-electron chi connectivity index (χ2n) is 5.55. The fourth-order valence-electron chi connectivity index (χ4n) is 2.85. The van der Waals surface area contributed by atoms with Crippen LogP contribution in [0.4, 0.5) is 0 Å². The number of nitrogens with zero attached hydrogens (tertiary/aromatic N) is 2. The second-order valence-corrected chi connectivity index (χ2v) is 5.55. The lowest BCUT2D eigenvalue weighted by Crippen LogP contribution is -2.23. The molecule has 0 aliphatic rings. The molecule has 2 N–H and O–H groups in total. The zero-order valence-electron chi connectivity index (χ0n) is 12.7. The third-order valence-electron chi connectivity index (χ3n) is 4.03. The zero-order chi connectivity index (χ0) is 15.8. The zero-order valence-corrected chi connectivity index (χ0v) is 12.7. The summed E-state index contributed by atoms with van der Waals surface area (Å²) in [4.78, 5) is 20.2. The van der Waals surface area contributed by atoms with Crippen LogP contribution in [0, 0.1) is 0 Å². The van der Waals surface area contributed by atoms with Crippen molar-refractivity contribution in [2.24, 2.45) is 7.05 Å². The van der Waals surface area contributed by atoms with E-state index in [-0.39, 0.29) is 5.91 Å². The summed E-state index contributed by atoms with van der Waals surface area (Å²) in [5, 5.41) is 3.89. The van der Waals surface area contributed by atoms with Crippen LogP contribution in [0.1, 0.15) is 16.2 Å². The van der Waals surface area contributed by atoms with Gasteiger partial charge >= 0.3 is 0 Å². The summed E-state index contributed by atoms with van der Waals surface area (Å²) in [6.45, 7) is 0.372. The number of H-pyrrole nitrogens is 1. The number of fused-ring (bicyclic) bond motifs is 2. The van der Waals surface area contributed by atoms with Crippen molar-refractivity contribution in [3.63, 3.8) is 0 Å². The number of imidazole rings is 1. The predicted molar refractivity (Wildman–Crippen MR) is 90.2 cm³/mol. The lowest BCUT2D eigenvalue weighted by atomic mass is 10.1. The minimum Gasteiger partial charge on any atom is -0.351 e. The summed E-state index contributed by atoms with van der Waals surface area (Å²) >= 11 is 0. The molecule has 0 saturated carbocycles. The van der Waals surface area contributed by atoms with Crippen LogP contribution in [0.5, 0.6) is 0 Å². The maximum atomic E-state index is 12.5. The first-order chi connectivity index (χ1) is 11.2. The highest BCUT2D eigenvalue weighted by molar-refractivity contribution is 6.06. The molecule has 4 aromatic rings. The van der Waals surface area contributed by atoms with Crippen molar-refractivity contribution >= 4 is 27.8 Å². The largest absolute Gasteiger partial charge is 0.351 e. The SMILES string of the molecule is Cn1ccc2c(C(=O)NCc3nc4ccccc4[nH]3)cccc21. The molecule has 0 unspecified atom stereocenters. The summed E-state index contributed by atoms with van der Waals surface area (Å²) in [6.07, 6.45) is 1.96. The van der Waals surface area contributed by atoms with E-state index in [1.54, 1.807) is 0 Å². The first kappa shape index (κ1) is 13.6. The Bertz CT molecular complexity index is 979. The fourth-order valence-corrected chi connectivity index (χ4v) is 2.85. The average molecular weight is 304 g/mol. The first-order valence-electron chi connectivity index (χ1n) is 7.48. The number of carbonyl (C=O) groups excluding carboxylic acids is 1. The fraction of sp³-hybridized carbons (Fsp3) is 0.111. The van der Waals surface area contributed by atoms with E-state index in [0.717, 1.165) is 27.8 Å². The number of hydrogen-bond donors (Lipinski definition) is 2. The van der Waals surface area contributed by atoms with E-state index in [2.05, 4.69) is 15.3 Å². The molecule has 0 atom stereocenters. The molecule has 5 heteroatoms. The number of hydrogen-bond acceptors (Lipinski definition) is 2. The smallest absolute Gasteiger partial charge is 0.252 e. The molecule has 1 amide bonds. The van der Waals surface area contributed by atoms with E-state index in [1.165, 1.54) is 0 Å². The lowest BCUT2D eigenvalue weighted by molar-refractivity contribution is 0.0951. The number of aromatic nitrogens is 3. The van der Waals surface area contributed by atoms with Crippen LogP contribution in [0.15, 0.2) is 54.7 Å². The molecule has 114 valence electrons. The Morgan fingerprint density at radius 2 is 2.04 bits per heavy atom. The number of rotatable bonds is 3. The highest BCUT2D eigenvalue weighted by Gasteiger charge is 2.12. The molecule has 0 bridgehead atoms. The minimum atomic E-state index is -0.0951. The lowest BCUT2D eigenvalue weighted by Gasteiger charge is -2.05. The second kappa shape index (κ2) is 5.28. The topological polar surface area (TPSA) is 62.7 Å². The number of aromatic amines is 1. The third kappa shape index (κ3) is 2.36. The van der Waals surface area contributed by atoms with Gasteiger partial charge in [0.15, 0.2) is 0 Å². The Hall–Kier alpha value is -3.08. The van der Waals surface area contributed by atoms with Gasteiger partial charge in [0.25, 0.3) is 5.91 Å². The molecule has 0 saturated heterocycles. The molecule has 0 aliphatic carbocycles. The van der Waals surface area contributed by atoms with E-state index in [4.69, 9.17) is 0 Å². The molecule has 0 radical (unpaired) electrons. The molecule has 2 aromatic heterocycles. The quantitative estimate of drug-likeness (QED) is 0.611. The normalized spacial score (nSPS) is 11.2. The van der Waals surface area contributed by atoms with Crippen molar-refractivity contribution in [2.75, 3.05) is 0 Å². The molecular formula is C18H16N4O. The number of aryl methyl sites for hydroxylation is 1. The minimum absolute atomic E-state index is 0.0951. The Labute approximate surface area is 133 Å². The number of carbonyl (C=O) groups is 1. The first-order valence-corrected chi connectivity index (χ1v) is 7.48. The van der Waals surface area contributed by atoms with Gasteiger partial charge in [0, 0.05) is 29.7 Å². The molecule has 0 spiro atoms. The number of para-hydroxylation sites is 2. The Morgan fingerprint density at radius 1 is 1.17 bits per heavy atom. The van der Waals surface area contributed by atoms with Crippen LogP contribution >= 0.6 is 0 Å². The van der Waals surface area contributed by atoms with E-state index >= 15 is 0 Å². The van der Waals surface area contributed by atoms with E-state index in [9.17, 15) is 4.79 Å². The molecular weight excluding hydrogens is 288 g/mol. The molecule has 0 fully saturated rings. The summed E-state index contributed by atoms with van der Waals surface area (Å²) in [6, 6.07) is 15.5. The molecule has 0 aliphatic heterocycles. The number of nitrogens with one attached hydrogen (secondary N) is 2. The number of amides is 1. The van der Waals surface area contributed by atoms with Gasteiger partial charge in [-0.3, -0.25) is 4.79 Å². The van der Waals surface area contributed by atoms with Gasteiger partial charge in [-0.15, -0.1) is 0 Å². The Balaban J connectivity index is 1.57. The third-order valence-corrected chi connectivity index (χ3v) is 4.03. The summed E-state index contributed by atoms with van der Waals surface area (Å²) in [7, 11) is 1.97. The molecule has 2 aromatic carbocycles. The van der Waals surface area contributed by atoms with Gasteiger partial charge in [0.05, 0.1) is 17.6 Å². The average Bonchev–Trinajstić information content (AvgIpc) is 3.16. The Kier molecular flexibility index (Phi) is 3.12.